The van der Waals surface area contributed by atoms with Crippen molar-refractivity contribution in [2.75, 3.05) is 17.7 Å². The molecule has 0 aliphatic heterocycles. The molecule has 140 valence electrons. The minimum atomic E-state index is -0.117. The van der Waals surface area contributed by atoms with Gasteiger partial charge >= 0.3 is 0 Å². The smallest absolute Gasteiger partial charge is 0.234 e. The highest BCUT2D eigenvalue weighted by Crippen LogP contribution is 2.26. The zero-order valence-electron chi connectivity index (χ0n) is 14.9. The largest absolute Gasteiger partial charge is 0.491 e. The Labute approximate surface area is 167 Å². The van der Waals surface area contributed by atoms with Gasteiger partial charge in [0.1, 0.15) is 5.75 Å². The van der Waals surface area contributed by atoms with E-state index in [1.807, 2.05) is 66.2 Å². The fraction of sp³-hybridized carbons (Fsp3) is 0.200. The molecular weight excluding hydrogens is 382 g/mol. The number of carbonyl (C=O) groups is 1. The summed E-state index contributed by atoms with van der Waals surface area (Å²) in [5.74, 6) is 0.797. The quantitative estimate of drug-likeness (QED) is 0.537. The number of nitrogens with one attached hydrogen (secondary N) is 1. The maximum atomic E-state index is 12.4. The number of rotatable bonds is 8. The molecule has 0 saturated carbocycles. The van der Waals surface area contributed by atoms with Gasteiger partial charge < -0.3 is 10.1 Å². The van der Waals surface area contributed by atoms with Gasteiger partial charge in [0.25, 0.3) is 0 Å². The zero-order valence-corrected chi connectivity index (χ0v) is 16.5. The van der Waals surface area contributed by atoms with Crippen LogP contribution in [0.4, 0.5) is 5.69 Å². The van der Waals surface area contributed by atoms with Gasteiger partial charge in [-0.2, -0.15) is 0 Å². The highest BCUT2D eigenvalue weighted by Gasteiger charge is 2.11. The Morgan fingerprint density at radius 2 is 2.11 bits per heavy atom. The second-order valence-corrected chi connectivity index (χ2v) is 7.12. The van der Waals surface area contributed by atoms with Crippen LogP contribution in [0.15, 0.2) is 66.1 Å². The summed E-state index contributed by atoms with van der Waals surface area (Å²) in [4.78, 5) is 16.7. The fourth-order valence-electron chi connectivity index (χ4n) is 2.44. The molecule has 0 atom stereocenters. The number of nitrogens with zero attached hydrogens (tertiary/aromatic N) is 2. The molecule has 3 aromatic rings. The lowest BCUT2D eigenvalue weighted by atomic mass is 10.3. The van der Waals surface area contributed by atoms with E-state index in [0.29, 0.717) is 23.1 Å². The molecule has 7 heteroatoms. The number of anilines is 1. The van der Waals surface area contributed by atoms with Gasteiger partial charge in [0.2, 0.25) is 5.91 Å². The molecule has 0 spiro atoms. The van der Waals surface area contributed by atoms with Gasteiger partial charge in [-0.15, -0.1) is 0 Å². The number of ether oxygens (including phenoxy) is 1. The molecule has 0 unspecified atom stereocenters. The Kier molecular flexibility index (Phi) is 6.79. The summed E-state index contributed by atoms with van der Waals surface area (Å²) in [5.41, 5.74) is 1.58. The van der Waals surface area contributed by atoms with E-state index in [-0.39, 0.29) is 11.7 Å². The molecule has 1 heterocycles. The molecular formula is C20H20ClN3O2S. The van der Waals surface area contributed by atoms with Crippen molar-refractivity contribution < 1.29 is 9.53 Å². The maximum absolute atomic E-state index is 12.4. The van der Waals surface area contributed by atoms with Crippen LogP contribution in [-0.4, -0.2) is 27.8 Å². The first-order valence-electron chi connectivity index (χ1n) is 8.61. The Hall–Kier alpha value is -2.44. The maximum Gasteiger partial charge on any atom is 0.234 e. The van der Waals surface area contributed by atoms with Gasteiger partial charge in [0.05, 0.1) is 18.0 Å². The van der Waals surface area contributed by atoms with Crippen molar-refractivity contribution in [3.63, 3.8) is 0 Å². The number of thioether (sulfide) groups is 1. The van der Waals surface area contributed by atoms with Gasteiger partial charge in [0, 0.05) is 23.1 Å². The molecule has 3 rings (SSSR count). The van der Waals surface area contributed by atoms with Crippen molar-refractivity contribution in [3.8, 4) is 11.4 Å². The number of hydrogen-bond donors (Lipinski definition) is 1. The average Bonchev–Trinajstić information content (AvgIpc) is 3.14. The van der Waals surface area contributed by atoms with Crippen molar-refractivity contribution in [2.45, 2.75) is 18.5 Å². The summed E-state index contributed by atoms with van der Waals surface area (Å²) in [6.07, 6.45) is 4.46. The number of carbonyl (C=O) groups excluding carboxylic acids is 1. The van der Waals surface area contributed by atoms with Crippen LogP contribution in [0, 0.1) is 0 Å². The van der Waals surface area contributed by atoms with Crippen molar-refractivity contribution in [1.29, 1.82) is 0 Å². The van der Waals surface area contributed by atoms with Gasteiger partial charge in [-0.05, 0) is 36.8 Å². The van der Waals surface area contributed by atoms with Crippen LogP contribution < -0.4 is 10.1 Å². The third kappa shape index (κ3) is 5.28. The minimum absolute atomic E-state index is 0.117. The molecule has 0 saturated heterocycles. The first-order chi connectivity index (χ1) is 13.2. The van der Waals surface area contributed by atoms with E-state index in [4.69, 9.17) is 16.3 Å². The average molecular weight is 402 g/mol. The Morgan fingerprint density at radius 3 is 2.93 bits per heavy atom. The predicted molar refractivity (Wildman–Crippen MR) is 110 cm³/mol. The Morgan fingerprint density at radius 1 is 1.26 bits per heavy atom. The lowest BCUT2D eigenvalue weighted by Crippen LogP contribution is -2.15. The molecule has 0 aliphatic carbocycles. The van der Waals surface area contributed by atoms with E-state index in [1.165, 1.54) is 11.8 Å². The fourth-order valence-corrected chi connectivity index (χ4v) is 3.40. The van der Waals surface area contributed by atoms with Gasteiger partial charge in [-0.25, -0.2) is 4.98 Å². The molecule has 27 heavy (non-hydrogen) atoms. The van der Waals surface area contributed by atoms with Gasteiger partial charge in [0.15, 0.2) is 5.16 Å². The minimum Gasteiger partial charge on any atom is -0.491 e. The summed E-state index contributed by atoms with van der Waals surface area (Å²) < 4.78 is 7.58. The predicted octanol–water partition coefficient (Wildman–Crippen LogP) is 5.05. The van der Waals surface area contributed by atoms with Gasteiger partial charge in [-0.3, -0.25) is 9.36 Å². The third-order valence-corrected chi connectivity index (χ3v) is 4.85. The van der Waals surface area contributed by atoms with Crippen LogP contribution in [0.2, 0.25) is 5.02 Å². The summed E-state index contributed by atoms with van der Waals surface area (Å²) >= 11 is 7.43. The third-order valence-electron chi connectivity index (χ3n) is 3.65. The topological polar surface area (TPSA) is 56.1 Å². The second kappa shape index (κ2) is 9.48. The number of hydrogen-bond acceptors (Lipinski definition) is 4. The highest BCUT2D eigenvalue weighted by molar-refractivity contribution is 7.99. The van der Waals surface area contributed by atoms with Gasteiger partial charge in [-0.1, -0.05) is 48.5 Å². The number of para-hydroxylation sites is 2. The first kappa shape index (κ1) is 19.3. The number of halogens is 1. The van der Waals surface area contributed by atoms with Crippen LogP contribution in [0.25, 0.3) is 5.69 Å². The SMILES string of the molecule is CCCOc1ccccc1NC(=O)CSc1nccn1-c1cccc(Cl)c1. The van der Waals surface area contributed by atoms with Crippen LogP contribution in [-0.2, 0) is 4.79 Å². The first-order valence-corrected chi connectivity index (χ1v) is 9.97. The molecule has 1 N–H and O–H groups in total. The molecule has 5 nitrogen and oxygen atoms in total. The van der Waals surface area contributed by atoms with Crippen LogP contribution >= 0.6 is 23.4 Å². The lowest BCUT2D eigenvalue weighted by molar-refractivity contribution is -0.113. The standard InChI is InChI=1S/C20H20ClN3O2S/c1-2-12-26-18-9-4-3-8-17(18)23-19(25)14-27-20-22-10-11-24(20)16-7-5-6-15(21)13-16/h3-11,13H,2,12,14H2,1H3,(H,23,25). The monoisotopic (exact) mass is 401 g/mol. The van der Waals surface area contributed by atoms with Crippen molar-refractivity contribution >= 4 is 35.0 Å². The molecule has 1 aromatic heterocycles. The molecule has 0 aliphatic rings. The zero-order chi connectivity index (χ0) is 19.1. The van der Waals surface area contributed by atoms with Crippen molar-refractivity contribution in [2.24, 2.45) is 0 Å². The van der Waals surface area contributed by atoms with Crippen molar-refractivity contribution in [1.82, 2.24) is 9.55 Å². The summed E-state index contributed by atoms with van der Waals surface area (Å²) in [7, 11) is 0. The Balaban J connectivity index is 1.63. The summed E-state index contributed by atoms with van der Waals surface area (Å²) in [6, 6.07) is 14.9. The normalized spacial score (nSPS) is 10.6. The number of amides is 1. The molecule has 2 aromatic carbocycles. The van der Waals surface area contributed by atoms with E-state index in [2.05, 4.69) is 10.3 Å². The number of benzene rings is 2. The molecule has 0 fully saturated rings. The molecule has 0 radical (unpaired) electrons. The van der Waals surface area contributed by atoms with Crippen LogP contribution in [0.3, 0.4) is 0 Å². The van der Waals surface area contributed by atoms with Crippen molar-refractivity contribution in [3.05, 3.63) is 65.9 Å². The second-order valence-electron chi connectivity index (χ2n) is 5.74. The van der Waals surface area contributed by atoms with Crippen LogP contribution in [0.1, 0.15) is 13.3 Å². The van der Waals surface area contributed by atoms with E-state index in [1.54, 1.807) is 6.20 Å². The summed E-state index contributed by atoms with van der Waals surface area (Å²) in [6.45, 7) is 2.65. The molecule has 1 amide bonds. The summed E-state index contributed by atoms with van der Waals surface area (Å²) in [5, 5.41) is 4.28. The molecule has 0 bridgehead atoms. The number of imidazole rings is 1. The van der Waals surface area contributed by atoms with E-state index < -0.39 is 0 Å². The lowest BCUT2D eigenvalue weighted by Gasteiger charge is -2.12. The van der Waals surface area contributed by atoms with E-state index in [0.717, 1.165) is 17.3 Å². The Bertz CT molecular complexity index is 914. The highest BCUT2D eigenvalue weighted by atomic mass is 35.5. The van der Waals surface area contributed by atoms with E-state index >= 15 is 0 Å². The van der Waals surface area contributed by atoms with E-state index in [9.17, 15) is 4.79 Å². The number of aromatic nitrogens is 2. The van der Waals surface area contributed by atoms with Crippen LogP contribution in [0.5, 0.6) is 5.75 Å².